The van der Waals surface area contributed by atoms with Gasteiger partial charge in [-0.1, -0.05) is 0 Å². The number of ether oxygens (including phenoxy) is 1. The smallest absolute Gasteiger partial charge is 0.224 e. The minimum absolute atomic E-state index is 0.219. The van der Waals surface area contributed by atoms with Gasteiger partial charge in [0.05, 0.1) is 18.5 Å². The molecule has 1 aliphatic heterocycles. The van der Waals surface area contributed by atoms with Crippen LogP contribution >= 0.6 is 0 Å². The average Bonchev–Trinajstić information content (AvgIpc) is 2.86. The third-order valence-corrected chi connectivity index (χ3v) is 4.86. The molecule has 5 heteroatoms. The third kappa shape index (κ3) is 4.09. The molecule has 0 saturated carbocycles. The van der Waals surface area contributed by atoms with Crippen molar-refractivity contribution in [3.05, 3.63) is 36.3 Å². The number of nitrogens with zero attached hydrogens (tertiary/aromatic N) is 3. The van der Waals surface area contributed by atoms with Crippen LogP contribution in [0.5, 0.6) is 0 Å². The van der Waals surface area contributed by atoms with Crippen LogP contribution in [0.1, 0.15) is 31.2 Å². The fourth-order valence-corrected chi connectivity index (χ4v) is 3.50. The summed E-state index contributed by atoms with van der Waals surface area (Å²) in [4.78, 5) is 22.8. The van der Waals surface area contributed by atoms with Crippen LogP contribution in [0, 0.1) is 5.92 Å². The Bertz CT molecular complexity index is 684. The number of pyridine rings is 2. The number of hydrogen-bond donors (Lipinski definition) is 0. The molecule has 2 aromatic heterocycles. The molecule has 3 rings (SSSR count). The summed E-state index contributed by atoms with van der Waals surface area (Å²) in [6.07, 6.45) is 10.4. The highest BCUT2D eigenvalue weighted by atomic mass is 16.5. The van der Waals surface area contributed by atoms with Crippen molar-refractivity contribution in [3.8, 4) is 0 Å². The Hall–Kier alpha value is -2.01. The van der Waals surface area contributed by atoms with Crippen LogP contribution in [0.25, 0.3) is 10.9 Å². The summed E-state index contributed by atoms with van der Waals surface area (Å²) in [6, 6.07) is 4.07. The second kappa shape index (κ2) is 8.20. The molecule has 24 heavy (non-hydrogen) atoms. The molecule has 0 aliphatic carbocycles. The highest BCUT2D eigenvalue weighted by molar-refractivity contribution is 5.80. The summed E-state index contributed by atoms with van der Waals surface area (Å²) in [7, 11) is 1.64. The number of carbonyl (C=O) groups is 1. The Kier molecular flexibility index (Phi) is 5.75. The standard InChI is InChI=1S/C19H25N3O2/c1-24-12-7-19(23)22-10-2-3-15(6-11-22)13-16-4-9-21-18-5-8-20-14-17(16)18/h4-5,8-9,14-15H,2-3,6-7,10-13H2,1H3/t15-/m0/s1. The van der Waals surface area contributed by atoms with Crippen LogP contribution in [-0.4, -0.2) is 47.6 Å². The Morgan fingerprint density at radius 2 is 2.21 bits per heavy atom. The van der Waals surface area contributed by atoms with E-state index in [9.17, 15) is 4.79 Å². The lowest BCUT2D eigenvalue weighted by molar-refractivity contribution is -0.132. The van der Waals surface area contributed by atoms with Crippen molar-refractivity contribution in [2.45, 2.75) is 32.1 Å². The molecule has 0 spiro atoms. The number of aromatic nitrogens is 2. The zero-order valence-corrected chi connectivity index (χ0v) is 14.3. The van der Waals surface area contributed by atoms with Gasteiger partial charge in [-0.25, -0.2) is 0 Å². The Labute approximate surface area is 143 Å². The predicted octanol–water partition coefficient (Wildman–Crippen LogP) is 2.84. The van der Waals surface area contributed by atoms with Crippen molar-refractivity contribution >= 4 is 16.8 Å². The van der Waals surface area contributed by atoms with Gasteiger partial charge in [-0.3, -0.25) is 14.8 Å². The molecule has 0 unspecified atom stereocenters. The number of likely N-dealkylation sites (tertiary alicyclic amines) is 1. The molecule has 128 valence electrons. The zero-order chi connectivity index (χ0) is 16.8. The lowest BCUT2D eigenvalue weighted by Gasteiger charge is -2.20. The van der Waals surface area contributed by atoms with E-state index in [2.05, 4.69) is 16.0 Å². The molecule has 3 heterocycles. The number of hydrogen-bond acceptors (Lipinski definition) is 4. The van der Waals surface area contributed by atoms with Crippen LogP contribution in [0.4, 0.5) is 0 Å². The molecule has 1 saturated heterocycles. The van der Waals surface area contributed by atoms with Crippen LogP contribution in [0.3, 0.4) is 0 Å². The third-order valence-electron chi connectivity index (χ3n) is 4.86. The van der Waals surface area contributed by atoms with Crippen LogP contribution in [0.15, 0.2) is 30.7 Å². The summed E-state index contributed by atoms with van der Waals surface area (Å²) in [5, 5.41) is 1.15. The van der Waals surface area contributed by atoms with Crippen molar-refractivity contribution in [1.29, 1.82) is 0 Å². The van der Waals surface area contributed by atoms with E-state index in [0.717, 1.165) is 49.7 Å². The molecule has 0 radical (unpaired) electrons. The van der Waals surface area contributed by atoms with Crippen molar-refractivity contribution in [2.24, 2.45) is 5.92 Å². The number of amides is 1. The fraction of sp³-hybridized carbons (Fsp3) is 0.526. The second-order valence-electron chi connectivity index (χ2n) is 6.49. The SMILES string of the molecule is COCCC(=O)N1CCC[C@H](Cc2ccnc3ccncc23)CC1. The molecule has 2 aromatic rings. The van der Waals surface area contributed by atoms with E-state index < -0.39 is 0 Å². The van der Waals surface area contributed by atoms with Crippen LogP contribution < -0.4 is 0 Å². The highest BCUT2D eigenvalue weighted by Crippen LogP contribution is 2.25. The monoisotopic (exact) mass is 327 g/mol. The summed E-state index contributed by atoms with van der Waals surface area (Å²) < 4.78 is 5.02. The maximum absolute atomic E-state index is 12.2. The molecule has 1 fully saturated rings. The first-order valence-corrected chi connectivity index (χ1v) is 8.72. The van der Waals surface area contributed by atoms with E-state index in [1.54, 1.807) is 13.3 Å². The van der Waals surface area contributed by atoms with Crippen molar-refractivity contribution in [2.75, 3.05) is 26.8 Å². The van der Waals surface area contributed by atoms with E-state index in [0.29, 0.717) is 18.9 Å². The minimum atomic E-state index is 0.219. The number of rotatable bonds is 5. The summed E-state index contributed by atoms with van der Waals surface area (Å²) in [5.41, 5.74) is 2.32. The van der Waals surface area contributed by atoms with E-state index in [1.807, 2.05) is 23.4 Å². The first kappa shape index (κ1) is 16.8. The number of carbonyl (C=O) groups excluding carboxylic acids is 1. The van der Waals surface area contributed by atoms with Gasteiger partial charge in [-0.2, -0.15) is 0 Å². The largest absolute Gasteiger partial charge is 0.384 e. The van der Waals surface area contributed by atoms with Gasteiger partial charge in [0.2, 0.25) is 5.91 Å². The molecule has 1 aliphatic rings. The van der Waals surface area contributed by atoms with E-state index >= 15 is 0 Å². The molecule has 1 atom stereocenters. The van der Waals surface area contributed by atoms with E-state index in [4.69, 9.17) is 4.74 Å². The van der Waals surface area contributed by atoms with Gasteiger partial charge in [-0.15, -0.1) is 0 Å². The number of methoxy groups -OCH3 is 1. The van der Waals surface area contributed by atoms with Gasteiger partial charge < -0.3 is 9.64 Å². The van der Waals surface area contributed by atoms with Gasteiger partial charge in [0, 0.05) is 44.2 Å². The summed E-state index contributed by atoms with van der Waals surface area (Å²) in [6.45, 7) is 2.24. The molecule has 5 nitrogen and oxygen atoms in total. The maximum Gasteiger partial charge on any atom is 0.224 e. The van der Waals surface area contributed by atoms with E-state index in [-0.39, 0.29) is 5.91 Å². The predicted molar refractivity (Wildman–Crippen MR) is 93.7 cm³/mol. The van der Waals surface area contributed by atoms with Gasteiger partial charge in [0.1, 0.15) is 0 Å². The quantitative estimate of drug-likeness (QED) is 0.847. The Balaban J connectivity index is 1.63. The molecule has 0 bridgehead atoms. The highest BCUT2D eigenvalue weighted by Gasteiger charge is 2.21. The Morgan fingerprint density at radius 3 is 3.08 bits per heavy atom. The van der Waals surface area contributed by atoms with Crippen LogP contribution in [0.2, 0.25) is 0 Å². The lowest BCUT2D eigenvalue weighted by atomic mass is 9.92. The summed E-state index contributed by atoms with van der Waals surface area (Å²) >= 11 is 0. The zero-order valence-electron chi connectivity index (χ0n) is 14.3. The van der Waals surface area contributed by atoms with E-state index in [1.165, 1.54) is 5.56 Å². The van der Waals surface area contributed by atoms with Crippen LogP contribution in [-0.2, 0) is 16.0 Å². The molecular formula is C19H25N3O2. The fourth-order valence-electron chi connectivity index (χ4n) is 3.50. The normalized spacial score (nSPS) is 18.5. The van der Waals surface area contributed by atoms with Crippen molar-refractivity contribution in [1.82, 2.24) is 14.9 Å². The van der Waals surface area contributed by atoms with Gasteiger partial charge in [0.25, 0.3) is 0 Å². The first-order valence-electron chi connectivity index (χ1n) is 8.72. The minimum Gasteiger partial charge on any atom is -0.384 e. The average molecular weight is 327 g/mol. The van der Waals surface area contributed by atoms with Crippen molar-refractivity contribution < 1.29 is 9.53 Å². The molecule has 0 aromatic carbocycles. The second-order valence-corrected chi connectivity index (χ2v) is 6.49. The number of fused-ring (bicyclic) bond motifs is 1. The topological polar surface area (TPSA) is 55.3 Å². The lowest BCUT2D eigenvalue weighted by Crippen LogP contribution is -2.32. The molecule has 0 N–H and O–H groups in total. The van der Waals surface area contributed by atoms with Gasteiger partial charge in [-0.05, 0) is 49.3 Å². The Morgan fingerprint density at radius 1 is 1.29 bits per heavy atom. The van der Waals surface area contributed by atoms with Crippen molar-refractivity contribution in [3.63, 3.8) is 0 Å². The first-order chi connectivity index (χ1) is 11.8. The maximum atomic E-state index is 12.2. The van der Waals surface area contributed by atoms with Gasteiger partial charge in [0.15, 0.2) is 0 Å². The summed E-state index contributed by atoms with van der Waals surface area (Å²) in [5.74, 6) is 0.826. The molecule has 1 amide bonds. The molecular weight excluding hydrogens is 302 g/mol. The van der Waals surface area contributed by atoms with Gasteiger partial charge >= 0.3 is 0 Å².